The molecule has 0 fully saturated rings. The lowest BCUT2D eigenvalue weighted by Crippen LogP contribution is -2.33. The van der Waals surface area contributed by atoms with Crippen LogP contribution in [-0.2, 0) is 6.42 Å². The molecule has 1 aliphatic carbocycles. The van der Waals surface area contributed by atoms with Crippen molar-refractivity contribution in [2.75, 3.05) is 6.61 Å². The molecule has 1 unspecified atom stereocenters. The minimum Gasteiger partial charge on any atom is -0.455 e. The van der Waals surface area contributed by atoms with Gasteiger partial charge in [-0.05, 0) is 25.7 Å². The van der Waals surface area contributed by atoms with Crippen LogP contribution in [0.25, 0.3) is 0 Å². The molecule has 1 heterocycles. The van der Waals surface area contributed by atoms with Crippen molar-refractivity contribution >= 4 is 11.7 Å². The fourth-order valence-corrected chi connectivity index (χ4v) is 2.85. The summed E-state index contributed by atoms with van der Waals surface area (Å²) in [4.78, 5) is 24.5. The van der Waals surface area contributed by atoms with Crippen LogP contribution in [-0.4, -0.2) is 29.4 Å². The van der Waals surface area contributed by atoms with Crippen molar-refractivity contribution < 1.29 is 19.1 Å². The van der Waals surface area contributed by atoms with Gasteiger partial charge in [-0.2, -0.15) is 0 Å². The lowest BCUT2D eigenvalue weighted by atomic mass is 9.76. The molecule has 2 N–H and O–H groups in total. The van der Waals surface area contributed by atoms with Crippen LogP contribution in [0, 0.1) is 12.3 Å². The van der Waals surface area contributed by atoms with Gasteiger partial charge in [0.05, 0.1) is 5.56 Å². The molecule has 0 saturated carbocycles. The van der Waals surface area contributed by atoms with E-state index >= 15 is 0 Å². The number of hydrogen-bond donors (Lipinski definition) is 2. The number of furan rings is 1. The third-order valence-corrected chi connectivity index (χ3v) is 3.92. The minimum atomic E-state index is -0.326. The predicted octanol–water partition coefficient (Wildman–Crippen LogP) is 2.24. The quantitative estimate of drug-likeness (QED) is 0.892. The van der Waals surface area contributed by atoms with E-state index in [2.05, 4.69) is 5.32 Å². The number of aliphatic hydroxyl groups is 1. The highest BCUT2D eigenvalue weighted by atomic mass is 16.4. The van der Waals surface area contributed by atoms with Crippen LogP contribution in [0.1, 0.15) is 65.8 Å². The monoisotopic (exact) mass is 293 g/mol. The number of carbonyl (C=O) groups excluding carboxylic acids is 2. The molecular weight excluding hydrogens is 270 g/mol. The van der Waals surface area contributed by atoms with Crippen molar-refractivity contribution in [1.29, 1.82) is 0 Å². The highest BCUT2D eigenvalue weighted by Crippen LogP contribution is 2.38. The third kappa shape index (κ3) is 3.18. The van der Waals surface area contributed by atoms with E-state index in [-0.39, 0.29) is 35.5 Å². The van der Waals surface area contributed by atoms with Gasteiger partial charge in [0.15, 0.2) is 11.5 Å². The third-order valence-electron chi connectivity index (χ3n) is 3.92. The second-order valence-corrected chi connectivity index (χ2v) is 6.68. The first-order valence-electron chi connectivity index (χ1n) is 7.32. The summed E-state index contributed by atoms with van der Waals surface area (Å²) in [7, 11) is 0. The largest absolute Gasteiger partial charge is 0.455 e. The van der Waals surface area contributed by atoms with E-state index in [1.807, 2.05) is 20.8 Å². The molecule has 0 saturated heterocycles. The smallest absolute Gasteiger partial charge is 0.287 e. The van der Waals surface area contributed by atoms with Crippen LogP contribution in [0.5, 0.6) is 0 Å². The average molecular weight is 293 g/mol. The average Bonchev–Trinajstić information content (AvgIpc) is 2.64. The Balaban J connectivity index is 2.28. The summed E-state index contributed by atoms with van der Waals surface area (Å²) >= 11 is 0. The number of rotatable bonds is 4. The molecule has 1 aromatic heterocycles. The molecule has 0 bridgehead atoms. The number of nitrogens with one attached hydrogen (secondary N) is 1. The van der Waals surface area contributed by atoms with Crippen LogP contribution >= 0.6 is 0 Å². The van der Waals surface area contributed by atoms with Crippen molar-refractivity contribution in [2.45, 2.75) is 53.0 Å². The van der Waals surface area contributed by atoms with Gasteiger partial charge in [-0.25, -0.2) is 0 Å². The number of Topliss-reactive ketones (excluding diaryl/α,β-unsaturated/α-hetero) is 1. The Hall–Kier alpha value is -1.62. The molecule has 21 heavy (non-hydrogen) atoms. The fourth-order valence-electron chi connectivity index (χ4n) is 2.85. The second kappa shape index (κ2) is 5.64. The van der Waals surface area contributed by atoms with E-state index in [9.17, 15) is 9.59 Å². The summed E-state index contributed by atoms with van der Waals surface area (Å²) < 4.78 is 5.69. The van der Waals surface area contributed by atoms with Crippen molar-refractivity contribution in [3.8, 4) is 0 Å². The molecular formula is C16H23NO4. The summed E-state index contributed by atoms with van der Waals surface area (Å²) in [5.74, 6) is 0.558. The van der Waals surface area contributed by atoms with Crippen molar-refractivity contribution in [3.05, 3.63) is 22.6 Å². The first-order valence-corrected chi connectivity index (χ1v) is 7.32. The van der Waals surface area contributed by atoms with Gasteiger partial charge in [0.2, 0.25) is 0 Å². The van der Waals surface area contributed by atoms with Crippen molar-refractivity contribution in [2.24, 2.45) is 5.41 Å². The van der Waals surface area contributed by atoms with Crippen LogP contribution in [0.4, 0.5) is 0 Å². The van der Waals surface area contributed by atoms with Gasteiger partial charge in [0, 0.05) is 31.1 Å². The summed E-state index contributed by atoms with van der Waals surface area (Å²) in [5.41, 5.74) is 1.07. The van der Waals surface area contributed by atoms with Crippen molar-refractivity contribution in [1.82, 2.24) is 5.32 Å². The Labute approximate surface area is 124 Å². The molecule has 1 amide bonds. The van der Waals surface area contributed by atoms with Gasteiger partial charge in [-0.15, -0.1) is 0 Å². The zero-order valence-corrected chi connectivity index (χ0v) is 13.1. The SMILES string of the molecule is Cc1c(C(=O)NC(C)CCO)oc2c1C(=O)CC(C)(C)C2. The maximum atomic E-state index is 12.3. The van der Waals surface area contributed by atoms with Gasteiger partial charge < -0.3 is 14.8 Å². The lowest BCUT2D eigenvalue weighted by molar-refractivity contribution is 0.0880. The number of hydrogen-bond acceptors (Lipinski definition) is 4. The van der Waals surface area contributed by atoms with Gasteiger partial charge in [0.25, 0.3) is 5.91 Å². The summed E-state index contributed by atoms with van der Waals surface area (Å²) in [6.45, 7) is 7.63. The van der Waals surface area contributed by atoms with E-state index in [0.29, 0.717) is 36.1 Å². The summed E-state index contributed by atoms with van der Waals surface area (Å²) in [6.07, 6.45) is 1.62. The zero-order valence-electron chi connectivity index (χ0n) is 13.1. The fraction of sp³-hybridized carbons (Fsp3) is 0.625. The Bertz CT molecular complexity index is 571. The topological polar surface area (TPSA) is 79.5 Å². The number of ketones is 1. The van der Waals surface area contributed by atoms with E-state index in [1.165, 1.54) is 0 Å². The van der Waals surface area contributed by atoms with Gasteiger partial charge >= 0.3 is 0 Å². The van der Waals surface area contributed by atoms with Crippen LogP contribution in [0.3, 0.4) is 0 Å². The predicted molar refractivity (Wildman–Crippen MR) is 78.5 cm³/mol. The molecule has 1 aliphatic rings. The molecule has 0 radical (unpaired) electrons. The van der Waals surface area contributed by atoms with Crippen LogP contribution in [0.2, 0.25) is 0 Å². The molecule has 5 nitrogen and oxygen atoms in total. The normalized spacial score (nSPS) is 18.2. The zero-order chi connectivity index (χ0) is 15.8. The summed E-state index contributed by atoms with van der Waals surface area (Å²) in [5, 5.41) is 11.7. The molecule has 2 rings (SSSR count). The molecule has 116 valence electrons. The Morgan fingerprint density at radius 3 is 2.71 bits per heavy atom. The van der Waals surface area contributed by atoms with Gasteiger partial charge in [-0.3, -0.25) is 9.59 Å². The minimum absolute atomic E-state index is 0.0156. The highest BCUT2D eigenvalue weighted by molar-refractivity contribution is 6.03. The number of carbonyl (C=O) groups is 2. The maximum Gasteiger partial charge on any atom is 0.287 e. The highest BCUT2D eigenvalue weighted by Gasteiger charge is 2.37. The van der Waals surface area contributed by atoms with Crippen molar-refractivity contribution in [3.63, 3.8) is 0 Å². The van der Waals surface area contributed by atoms with E-state index in [0.717, 1.165) is 0 Å². The Morgan fingerprint density at radius 2 is 2.10 bits per heavy atom. The summed E-state index contributed by atoms with van der Waals surface area (Å²) in [6, 6.07) is -0.142. The number of aliphatic hydroxyl groups excluding tert-OH is 1. The maximum absolute atomic E-state index is 12.3. The number of amides is 1. The molecule has 1 atom stereocenters. The lowest BCUT2D eigenvalue weighted by Gasteiger charge is -2.27. The number of fused-ring (bicyclic) bond motifs is 1. The molecule has 0 aliphatic heterocycles. The standard InChI is InChI=1S/C16H23NO4/c1-9(5-6-18)17-15(20)14-10(2)13-11(19)7-16(3,4)8-12(13)21-14/h9,18H,5-8H2,1-4H3,(H,17,20). The molecule has 0 spiro atoms. The van der Waals surface area contributed by atoms with E-state index in [1.54, 1.807) is 6.92 Å². The molecule has 0 aromatic carbocycles. The van der Waals surface area contributed by atoms with E-state index in [4.69, 9.17) is 9.52 Å². The van der Waals surface area contributed by atoms with E-state index < -0.39 is 0 Å². The van der Waals surface area contributed by atoms with Gasteiger partial charge in [-0.1, -0.05) is 13.8 Å². The molecule has 1 aromatic rings. The van der Waals surface area contributed by atoms with Gasteiger partial charge in [0.1, 0.15) is 5.76 Å². The van der Waals surface area contributed by atoms with Crippen LogP contribution in [0.15, 0.2) is 4.42 Å². The van der Waals surface area contributed by atoms with Crippen LogP contribution < -0.4 is 5.32 Å². The Kier molecular flexibility index (Phi) is 4.23. The first kappa shape index (κ1) is 15.8. The molecule has 5 heteroatoms. The second-order valence-electron chi connectivity index (χ2n) is 6.68. The first-order chi connectivity index (χ1) is 9.75. The Morgan fingerprint density at radius 1 is 1.43 bits per heavy atom.